The number of piperazine rings is 1. The van der Waals surface area contributed by atoms with Gasteiger partial charge in [0, 0.05) is 62.1 Å². The minimum atomic E-state index is 0.0208. The molecule has 0 unspecified atom stereocenters. The van der Waals surface area contributed by atoms with Crippen LogP contribution in [0.15, 0.2) is 48.8 Å². The summed E-state index contributed by atoms with van der Waals surface area (Å²) in [5.41, 5.74) is 3.74. The number of likely N-dealkylation sites (N-methyl/N-ethyl adjacent to an activating group) is 1. The van der Waals surface area contributed by atoms with Crippen molar-refractivity contribution in [3.05, 3.63) is 54.4 Å². The highest BCUT2D eigenvalue weighted by atomic mass is 16.2. The van der Waals surface area contributed by atoms with E-state index in [1.807, 2.05) is 30.3 Å². The van der Waals surface area contributed by atoms with Crippen LogP contribution in [0.2, 0.25) is 0 Å². The monoisotopic (exact) mass is 473 g/mol. The molecule has 184 valence electrons. The lowest BCUT2D eigenvalue weighted by Crippen LogP contribution is -2.52. The molecule has 3 heterocycles. The Morgan fingerprint density at radius 2 is 1.77 bits per heavy atom. The number of hydrogen-bond donors (Lipinski definition) is 2. The van der Waals surface area contributed by atoms with E-state index in [4.69, 9.17) is 0 Å². The van der Waals surface area contributed by atoms with Crippen LogP contribution in [-0.4, -0.2) is 89.5 Å². The summed E-state index contributed by atoms with van der Waals surface area (Å²) in [6.45, 7) is 9.06. The predicted molar refractivity (Wildman–Crippen MR) is 141 cm³/mol. The summed E-state index contributed by atoms with van der Waals surface area (Å²) < 4.78 is 0. The fraction of sp³-hybridized carbons (Fsp3) is 0.444. The van der Waals surface area contributed by atoms with Crippen LogP contribution in [0.1, 0.15) is 18.4 Å². The topological polar surface area (TPSA) is 76.6 Å². The van der Waals surface area contributed by atoms with Crippen molar-refractivity contribution in [1.82, 2.24) is 24.7 Å². The van der Waals surface area contributed by atoms with Gasteiger partial charge in [-0.2, -0.15) is 0 Å². The SMILES string of the molecule is Cc1cccc(Nc2ncnc3ccc(NC(=O)CN4CCC(N5CCN(C)CC5)CC4)cc23)c1. The average molecular weight is 474 g/mol. The van der Waals surface area contributed by atoms with Gasteiger partial charge in [-0.3, -0.25) is 14.6 Å². The van der Waals surface area contributed by atoms with Crippen LogP contribution in [0, 0.1) is 6.92 Å². The normalized spacial score (nSPS) is 18.6. The third-order valence-electron chi connectivity index (χ3n) is 7.18. The van der Waals surface area contributed by atoms with Crippen molar-refractivity contribution in [1.29, 1.82) is 0 Å². The Hall–Kier alpha value is -3.07. The number of aromatic nitrogens is 2. The fourth-order valence-corrected chi connectivity index (χ4v) is 5.13. The molecule has 0 radical (unpaired) electrons. The summed E-state index contributed by atoms with van der Waals surface area (Å²) in [5, 5.41) is 7.34. The molecule has 0 spiro atoms. The minimum Gasteiger partial charge on any atom is -0.340 e. The van der Waals surface area contributed by atoms with Crippen molar-refractivity contribution in [3.8, 4) is 0 Å². The van der Waals surface area contributed by atoms with Crippen molar-refractivity contribution in [2.45, 2.75) is 25.8 Å². The van der Waals surface area contributed by atoms with Gasteiger partial charge in [0.2, 0.25) is 5.91 Å². The number of anilines is 3. The number of benzene rings is 2. The summed E-state index contributed by atoms with van der Waals surface area (Å²) in [6, 6.07) is 14.6. The van der Waals surface area contributed by atoms with Gasteiger partial charge < -0.3 is 15.5 Å². The quantitative estimate of drug-likeness (QED) is 0.569. The molecule has 2 fully saturated rings. The van der Waals surface area contributed by atoms with E-state index in [0.717, 1.165) is 80.2 Å². The molecule has 0 atom stereocenters. The number of nitrogens with zero attached hydrogens (tertiary/aromatic N) is 5. The Balaban J connectivity index is 1.18. The molecule has 5 rings (SSSR count). The van der Waals surface area contributed by atoms with Crippen molar-refractivity contribution in [2.75, 3.05) is 63.5 Å². The van der Waals surface area contributed by atoms with E-state index in [9.17, 15) is 4.79 Å². The Kier molecular flexibility index (Phi) is 7.22. The highest BCUT2D eigenvalue weighted by Crippen LogP contribution is 2.26. The zero-order valence-corrected chi connectivity index (χ0v) is 20.7. The maximum Gasteiger partial charge on any atom is 0.238 e. The van der Waals surface area contributed by atoms with Crippen LogP contribution in [0.25, 0.3) is 10.9 Å². The van der Waals surface area contributed by atoms with Gasteiger partial charge in [0.1, 0.15) is 12.1 Å². The molecule has 0 saturated carbocycles. The van der Waals surface area contributed by atoms with Gasteiger partial charge in [0.05, 0.1) is 12.1 Å². The van der Waals surface area contributed by atoms with Crippen LogP contribution in [-0.2, 0) is 4.79 Å². The second kappa shape index (κ2) is 10.7. The average Bonchev–Trinajstić information content (AvgIpc) is 2.85. The maximum atomic E-state index is 12.8. The van der Waals surface area contributed by atoms with Gasteiger partial charge in [-0.1, -0.05) is 12.1 Å². The molecule has 2 saturated heterocycles. The summed E-state index contributed by atoms with van der Waals surface area (Å²) in [7, 11) is 2.20. The molecular weight excluding hydrogens is 438 g/mol. The van der Waals surface area contributed by atoms with Crippen LogP contribution in [0.4, 0.5) is 17.2 Å². The molecule has 0 bridgehead atoms. The summed E-state index contributed by atoms with van der Waals surface area (Å²) in [6.07, 6.45) is 3.83. The number of carbonyl (C=O) groups excluding carboxylic acids is 1. The highest BCUT2D eigenvalue weighted by molar-refractivity contribution is 5.97. The molecule has 0 aliphatic carbocycles. The zero-order chi connectivity index (χ0) is 24.2. The van der Waals surface area contributed by atoms with Crippen LogP contribution < -0.4 is 10.6 Å². The molecule has 1 aromatic heterocycles. The molecular formula is C27H35N7O. The Labute approximate surface area is 207 Å². The number of hydrogen-bond acceptors (Lipinski definition) is 7. The van der Waals surface area contributed by atoms with E-state index in [-0.39, 0.29) is 5.91 Å². The Bertz CT molecular complexity index is 1170. The summed E-state index contributed by atoms with van der Waals surface area (Å²) in [4.78, 5) is 29.0. The first-order chi connectivity index (χ1) is 17.0. The maximum absolute atomic E-state index is 12.8. The van der Waals surface area contributed by atoms with Gasteiger partial charge in [-0.15, -0.1) is 0 Å². The lowest BCUT2D eigenvalue weighted by Gasteiger charge is -2.41. The van der Waals surface area contributed by atoms with E-state index in [1.54, 1.807) is 6.33 Å². The third kappa shape index (κ3) is 5.96. The molecule has 1 amide bonds. The first-order valence-corrected chi connectivity index (χ1v) is 12.6. The van der Waals surface area contributed by atoms with Crippen molar-refractivity contribution in [2.24, 2.45) is 0 Å². The molecule has 2 aromatic carbocycles. The first-order valence-electron chi connectivity index (χ1n) is 12.6. The van der Waals surface area contributed by atoms with Crippen molar-refractivity contribution in [3.63, 3.8) is 0 Å². The van der Waals surface area contributed by atoms with E-state index >= 15 is 0 Å². The number of aryl methyl sites for hydroxylation is 1. The van der Waals surface area contributed by atoms with Crippen molar-refractivity contribution >= 4 is 34.0 Å². The van der Waals surface area contributed by atoms with E-state index in [2.05, 4.69) is 61.4 Å². The van der Waals surface area contributed by atoms with E-state index in [0.29, 0.717) is 12.6 Å². The molecule has 2 aliphatic heterocycles. The number of piperidine rings is 1. The number of fused-ring (bicyclic) bond motifs is 1. The van der Waals surface area contributed by atoms with Crippen LogP contribution in [0.5, 0.6) is 0 Å². The number of amides is 1. The molecule has 2 aliphatic rings. The number of nitrogens with one attached hydrogen (secondary N) is 2. The fourth-order valence-electron chi connectivity index (χ4n) is 5.13. The summed E-state index contributed by atoms with van der Waals surface area (Å²) >= 11 is 0. The van der Waals surface area contributed by atoms with Crippen molar-refractivity contribution < 1.29 is 4.79 Å². The lowest BCUT2D eigenvalue weighted by atomic mass is 10.0. The van der Waals surface area contributed by atoms with Gasteiger partial charge >= 0.3 is 0 Å². The largest absolute Gasteiger partial charge is 0.340 e. The highest BCUT2D eigenvalue weighted by Gasteiger charge is 2.27. The second-order valence-corrected chi connectivity index (χ2v) is 9.84. The Morgan fingerprint density at radius 1 is 0.971 bits per heavy atom. The minimum absolute atomic E-state index is 0.0208. The van der Waals surface area contributed by atoms with Crippen LogP contribution >= 0.6 is 0 Å². The standard InChI is InChI=1S/C27H35N7O/c1-20-4-3-5-21(16-20)31-27-24-17-22(6-7-25(24)28-19-29-27)30-26(35)18-33-10-8-23(9-11-33)34-14-12-32(2)13-15-34/h3-7,16-17,19,23H,8-15,18H2,1-2H3,(H,30,35)(H,28,29,31). The summed E-state index contributed by atoms with van der Waals surface area (Å²) in [5.74, 6) is 0.745. The smallest absolute Gasteiger partial charge is 0.238 e. The number of likely N-dealkylation sites (tertiary alicyclic amines) is 1. The molecule has 2 N–H and O–H groups in total. The first kappa shape index (κ1) is 23.7. The third-order valence-corrected chi connectivity index (χ3v) is 7.18. The van der Waals surface area contributed by atoms with E-state index in [1.165, 1.54) is 5.56 Å². The van der Waals surface area contributed by atoms with Gasteiger partial charge in [0.25, 0.3) is 0 Å². The Morgan fingerprint density at radius 3 is 2.54 bits per heavy atom. The van der Waals surface area contributed by atoms with Gasteiger partial charge in [-0.25, -0.2) is 9.97 Å². The van der Waals surface area contributed by atoms with Gasteiger partial charge in [0.15, 0.2) is 0 Å². The molecule has 3 aromatic rings. The van der Waals surface area contributed by atoms with Crippen LogP contribution in [0.3, 0.4) is 0 Å². The number of carbonyl (C=O) groups is 1. The van der Waals surface area contributed by atoms with Gasteiger partial charge in [-0.05, 0) is 62.7 Å². The second-order valence-electron chi connectivity index (χ2n) is 9.84. The molecule has 35 heavy (non-hydrogen) atoms. The lowest BCUT2D eigenvalue weighted by molar-refractivity contribution is -0.117. The number of rotatable bonds is 6. The molecule has 8 nitrogen and oxygen atoms in total. The zero-order valence-electron chi connectivity index (χ0n) is 20.7. The molecule has 8 heteroatoms. The van der Waals surface area contributed by atoms with E-state index < -0.39 is 0 Å². The predicted octanol–water partition coefficient (Wildman–Crippen LogP) is 3.33.